The standard InChI is InChI=1S/C9H17N3/c1-4-12-9(5-6-10-3)7-8(2)11-12/h7,10H,4-6H2,1-3H3. The summed E-state index contributed by atoms with van der Waals surface area (Å²) in [6.07, 6.45) is 1.06. The summed E-state index contributed by atoms with van der Waals surface area (Å²) >= 11 is 0. The summed E-state index contributed by atoms with van der Waals surface area (Å²) in [7, 11) is 1.97. The number of hydrogen-bond donors (Lipinski definition) is 1. The minimum Gasteiger partial charge on any atom is -0.319 e. The van der Waals surface area contributed by atoms with Crippen LogP contribution >= 0.6 is 0 Å². The summed E-state index contributed by atoms with van der Waals surface area (Å²) in [4.78, 5) is 0. The molecule has 0 aromatic carbocycles. The van der Waals surface area contributed by atoms with Gasteiger partial charge in [-0.1, -0.05) is 0 Å². The van der Waals surface area contributed by atoms with Crippen molar-refractivity contribution in [1.29, 1.82) is 0 Å². The molecule has 0 radical (unpaired) electrons. The molecule has 0 spiro atoms. The van der Waals surface area contributed by atoms with E-state index in [0.29, 0.717) is 0 Å². The lowest BCUT2D eigenvalue weighted by Gasteiger charge is -2.02. The van der Waals surface area contributed by atoms with E-state index in [1.54, 1.807) is 0 Å². The lowest BCUT2D eigenvalue weighted by molar-refractivity contribution is 0.607. The molecule has 0 saturated carbocycles. The van der Waals surface area contributed by atoms with Gasteiger partial charge in [-0.25, -0.2) is 0 Å². The van der Waals surface area contributed by atoms with Gasteiger partial charge < -0.3 is 5.32 Å². The number of aromatic nitrogens is 2. The van der Waals surface area contributed by atoms with Crippen LogP contribution in [0.4, 0.5) is 0 Å². The van der Waals surface area contributed by atoms with E-state index in [0.717, 1.165) is 25.2 Å². The topological polar surface area (TPSA) is 29.9 Å². The number of nitrogens with zero attached hydrogens (tertiary/aromatic N) is 2. The van der Waals surface area contributed by atoms with Crippen LogP contribution in [0.15, 0.2) is 6.07 Å². The number of rotatable bonds is 4. The van der Waals surface area contributed by atoms with Gasteiger partial charge in [-0.3, -0.25) is 4.68 Å². The van der Waals surface area contributed by atoms with E-state index in [2.05, 4.69) is 28.1 Å². The van der Waals surface area contributed by atoms with E-state index in [1.165, 1.54) is 5.69 Å². The Labute approximate surface area is 73.8 Å². The van der Waals surface area contributed by atoms with Crippen molar-refractivity contribution in [1.82, 2.24) is 15.1 Å². The Morgan fingerprint density at radius 1 is 1.58 bits per heavy atom. The molecule has 0 bridgehead atoms. The molecule has 12 heavy (non-hydrogen) atoms. The number of likely N-dealkylation sites (N-methyl/N-ethyl adjacent to an activating group) is 1. The maximum Gasteiger partial charge on any atom is 0.0596 e. The highest BCUT2D eigenvalue weighted by molar-refractivity contribution is 5.09. The average Bonchev–Trinajstić information content (AvgIpc) is 2.42. The van der Waals surface area contributed by atoms with Crippen LogP contribution in [0, 0.1) is 6.92 Å². The molecule has 3 nitrogen and oxygen atoms in total. The first-order chi connectivity index (χ1) is 5.77. The smallest absolute Gasteiger partial charge is 0.0596 e. The molecular formula is C9H17N3. The Kier molecular flexibility index (Phi) is 3.29. The van der Waals surface area contributed by atoms with Crippen LogP contribution in [0.5, 0.6) is 0 Å². The van der Waals surface area contributed by atoms with Crippen LogP contribution in [0.1, 0.15) is 18.3 Å². The van der Waals surface area contributed by atoms with Gasteiger partial charge in [0.25, 0.3) is 0 Å². The molecular weight excluding hydrogens is 150 g/mol. The first kappa shape index (κ1) is 9.26. The normalized spacial score (nSPS) is 10.6. The van der Waals surface area contributed by atoms with Gasteiger partial charge in [0.2, 0.25) is 0 Å². The fourth-order valence-corrected chi connectivity index (χ4v) is 1.33. The first-order valence-corrected chi connectivity index (χ1v) is 4.46. The van der Waals surface area contributed by atoms with Crippen LogP contribution in [0.2, 0.25) is 0 Å². The van der Waals surface area contributed by atoms with E-state index >= 15 is 0 Å². The molecule has 0 saturated heterocycles. The van der Waals surface area contributed by atoms with Gasteiger partial charge in [0, 0.05) is 25.2 Å². The summed E-state index contributed by atoms with van der Waals surface area (Å²) in [6.45, 7) is 6.14. The Hall–Kier alpha value is -0.830. The molecule has 0 aliphatic rings. The largest absolute Gasteiger partial charge is 0.319 e. The highest BCUT2D eigenvalue weighted by Crippen LogP contribution is 2.03. The van der Waals surface area contributed by atoms with Crippen molar-refractivity contribution in [2.24, 2.45) is 0 Å². The Bertz CT molecular complexity index is 240. The molecule has 0 amide bonds. The molecule has 1 aromatic heterocycles. The molecule has 0 fully saturated rings. The maximum absolute atomic E-state index is 4.37. The second kappa shape index (κ2) is 4.26. The van der Waals surface area contributed by atoms with Crippen molar-refractivity contribution < 1.29 is 0 Å². The molecule has 0 aliphatic carbocycles. The molecule has 1 aromatic rings. The van der Waals surface area contributed by atoms with Gasteiger partial charge in [0.15, 0.2) is 0 Å². The zero-order valence-corrected chi connectivity index (χ0v) is 8.09. The molecule has 0 unspecified atom stereocenters. The van der Waals surface area contributed by atoms with Crippen LogP contribution in [0.3, 0.4) is 0 Å². The predicted octanol–water partition coefficient (Wildman–Crippen LogP) is 0.973. The maximum atomic E-state index is 4.37. The average molecular weight is 167 g/mol. The Morgan fingerprint density at radius 3 is 2.92 bits per heavy atom. The van der Waals surface area contributed by atoms with Gasteiger partial charge in [0.05, 0.1) is 5.69 Å². The predicted molar refractivity (Wildman–Crippen MR) is 50.3 cm³/mol. The number of hydrogen-bond acceptors (Lipinski definition) is 2. The SMILES string of the molecule is CCn1nc(C)cc1CCNC. The highest BCUT2D eigenvalue weighted by atomic mass is 15.3. The van der Waals surface area contributed by atoms with E-state index < -0.39 is 0 Å². The Morgan fingerprint density at radius 2 is 2.33 bits per heavy atom. The minimum atomic E-state index is 0.965. The van der Waals surface area contributed by atoms with Gasteiger partial charge in [0.1, 0.15) is 0 Å². The van der Waals surface area contributed by atoms with Gasteiger partial charge >= 0.3 is 0 Å². The van der Waals surface area contributed by atoms with Gasteiger partial charge in [-0.05, 0) is 27.0 Å². The van der Waals surface area contributed by atoms with Crippen molar-refractivity contribution in [2.75, 3.05) is 13.6 Å². The van der Waals surface area contributed by atoms with Crippen molar-refractivity contribution in [3.05, 3.63) is 17.5 Å². The lowest BCUT2D eigenvalue weighted by atomic mass is 10.3. The van der Waals surface area contributed by atoms with Gasteiger partial charge in [-0.15, -0.1) is 0 Å². The van der Waals surface area contributed by atoms with Crippen LogP contribution < -0.4 is 5.32 Å². The third-order valence-corrected chi connectivity index (χ3v) is 1.92. The highest BCUT2D eigenvalue weighted by Gasteiger charge is 2.01. The first-order valence-electron chi connectivity index (χ1n) is 4.46. The summed E-state index contributed by atoms with van der Waals surface area (Å²) in [5.74, 6) is 0. The molecule has 68 valence electrons. The van der Waals surface area contributed by atoms with Crippen LogP contribution in [-0.2, 0) is 13.0 Å². The Balaban J connectivity index is 2.68. The molecule has 3 heteroatoms. The van der Waals surface area contributed by atoms with Crippen LogP contribution in [0.25, 0.3) is 0 Å². The van der Waals surface area contributed by atoms with Crippen LogP contribution in [-0.4, -0.2) is 23.4 Å². The lowest BCUT2D eigenvalue weighted by Crippen LogP contribution is -2.13. The molecule has 1 N–H and O–H groups in total. The summed E-state index contributed by atoms with van der Waals surface area (Å²) in [5.41, 5.74) is 2.44. The van der Waals surface area contributed by atoms with E-state index in [1.807, 2.05) is 14.0 Å². The zero-order chi connectivity index (χ0) is 8.97. The monoisotopic (exact) mass is 167 g/mol. The summed E-state index contributed by atoms with van der Waals surface area (Å²) < 4.78 is 2.06. The quantitative estimate of drug-likeness (QED) is 0.724. The summed E-state index contributed by atoms with van der Waals surface area (Å²) in [5, 5.41) is 7.51. The summed E-state index contributed by atoms with van der Waals surface area (Å²) in [6, 6.07) is 2.15. The third-order valence-electron chi connectivity index (χ3n) is 1.92. The molecule has 1 heterocycles. The van der Waals surface area contributed by atoms with Crippen molar-refractivity contribution >= 4 is 0 Å². The fourth-order valence-electron chi connectivity index (χ4n) is 1.33. The van der Waals surface area contributed by atoms with E-state index in [-0.39, 0.29) is 0 Å². The molecule has 1 rings (SSSR count). The number of nitrogens with one attached hydrogen (secondary N) is 1. The minimum absolute atomic E-state index is 0.965. The van der Waals surface area contributed by atoms with Crippen molar-refractivity contribution in [2.45, 2.75) is 26.8 Å². The fraction of sp³-hybridized carbons (Fsp3) is 0.667. The molecule has 0 aliphatic heterocycles. The molecule has 0 atom stereocenters. The third kappa shape index (κ3) is 2.08. The van der Waals surface area contributed by atoms with Crippen molar-refractivity contribution in [3.8, 4) is 0 Å². The van der Waals surface area contributed by atoms with E-state index in [9.17, 15) is 0 Å². The van der Waals surface area contributed by atoms with Crippen molar-refractivity contribution in [3.63, 3.8) is 0 Å². The van der Waals surface area contributed by atoms with Gasteiger partial charge in [-0.2, -0.15) is 5.10 Å². The number of aryl methyl sites for hydroxylation is 2. The second-order valence-electron chi connectivity index (χ2n) is 2.95. The van der Waals surface area contributed by atoms with E-state index in [4.69, 9.17) is 0 Å². The second-order valence-corrected chi connectivity index (χ2v) is 2.95. The zero-order valence-electron chi connectivity index (χ0n) is 8.09.